The molecule has 0 atom stereocenters. The highest BCUT2D eigenvalue weighted by molar-refractivity contribution is 6.35. The van der Waals surface area contributed by atoms with Crippen LogP contribution in [-0.4, -0.2) is 23.2 Å². The van der Waals surface area contributed by atoms with Gasteiger partial charge in [0, 0.05) is 12.0 Å². The van der Waals surface area contributed by atoms with Gasteiger partial charge in [-0.2, -0.15) is 0 Å². The van der Waals surface area contributed by atoms with Crippen molar-refractivity contribution >= 4 is 17.4 Å². The molecule has 0 bridgehead atoms. The van der Waals surface area contributed by atoms with Crippen LogP contribution in [0.4, 0.5) is 5.82 Å². The third-order valence-electron chi connectivity index (χ3n) is 2.84. The molecule has 0 radical (unpaired) electrons. The van der Waals surface area contributed by atoms with Crippen LogP contribution >= 0.6 is 11.6 Å². The number of hydrogen-bond donors (Lipinski definition) is 1. The molecule has 1 aromatic heterocycles. The summed E-state index contributed by atoms with van der Waals surface area (Å²) >= 11 is 6.12. The first-order valence-corrected chi connectivity index (χ1v) is 6.29. The van der Waals surface area contributed by atoms with Gasteiger partial charge in [-0.25, -0.2) is 9.97 Å². The zero-order valence-electron chi connectivity index (χ0n) is 10.1. The molecule has 0 saturated heterocycles. The second-order valence-corrected chi connectivity index (χ2v) is 4.51. The molecule has 98 valence electrons. The maximum Gasteiger partial charge on any atom is 0.161 e. The Bertz CT molecular complexity index is 619. The van der Waals surface area contributed by atoms with Gasteiger partial charge in [0.25, 0.3) is 0 Å². The van der Waals surface area contributed by atoms with Gasteiger partial charge in [0.05, 0.1) is 18.9 Å². The number of fused-ring (bicyclic) bond motifs is 1. The van der Waals surface area contributed by atoms with Gasteiger partial charge in [-0.3, -0.25) is 0 Å². The molecule has 3 rings (SSSR count). The molecule has 6 heteroatoms. The molecular formula is C13H12ClN3O2. The first-order valence-electron chi connectivity index (χ1n) is 5.91. The minimum absolute atomic E-state index is 0.263. The summed E-state index contributed by atoms with van der Waals surface area (Å²) in [7, 11) is 0. The maximum absolute atomic E-state index is 6.12. The van der Waals surface area contributed by atoms with Crippen molar-refractivity contribution in [2.24, 2.45) is 0 Å². The number of rotatable bonds is 1. The lowest BCUT2D eigenvalue weighted by molar-refractivity contribution is 0.297. The fourth-order valence-electron chi connectivity index (χ4n) is 1.90. The Labute approximate surface area is 115 Å². The van der Waals surface area contributed by atoms with Crippen LogP contribution in [0, 0.1) is 0 Å². The average molecular weight is 278 g/mol. The van der Waals surface area contributed by atoms with Gasteiger partial charge < -0.3 is 15.2 Å². The Balaban J connectivity index is 2.06. The lowest BCUT2D eigenvalue weighted by atomic mass is 10.1. The topological polar surface area (TPSA) is 70.3 Å². The highest BCUT2D eigenvalue weighted by atomic mass is 35.5. The number of halogens is 1. The van der Waals surface area contributed by atoms with Crippen molar-refractivity contribution < 1.29 is 9.47 Å². The van der Waals surface area contributed by atoms with Crippen LogP contribution in [0.2, 0.25) is 5.02 Å². The molecule has 2 heterocycles. The van der Waals surface area contributed by atoms with Gasteiger partial charge in [-0.1, -0.05) is 11.6 Å². The summed E-state index contributed by atoms with van der Waals surface area (Å²) in [5.41, 5.74) is 7.09. The number of ether oxygens (including phenoxy) is 2. The van der Waals surface area contributed by atoms with Crippen LogP contribution in [0.3, 0.4) is 0 Å². The molecule has 0 fully saturated rings. The third-order valence-corrected chi connectivity index (χ3v) is 3.21. The maximum atomic E-state index is 6.12. The summed E-state index contributed by atoms with van der Waals surface area (Å²) in [6.07, 6.45) is 2.25. The molecule has 0 amide bonds. The van der Waals surface area contributed by atoms with Crippen molar-refractivity contribution in [3.05, 3.63) is 29.5 Å². The Kier molecular flexibility index (Phi) is 3.13. The molecule has 1 aliphatic heterocycles. The molecule has 0 aliphatic carbocycles. The van der Waals surface area contributed by atoms with Crippen LogP contribution in [0.5, 0.6) is 11.5 Å². The van der Waals surface area contributed by atoms with Crippen LogP contribution in [-0.2, 0) is 0 Å². The van der Waals surface area contributed by atoms with E-state index in [9.17, 15) is 0 Å². The molecule has 1 aliphatic rings. The second kappa shape index (κ2) is 4.93. The summed E-state index contributed by atoms with van der Waals surface area (Å²) in [5.74, 6) is 1.70. The Morgan fingerprint density at radius 1 is 1.11 bits per heavy atom. The van der Waals surface area contributed by atoms with Crippen molar-refractivity contribution in [2.75, 3.05) is 18.9 Å². The van der Waals surface area contributed by atoms with Crippen LogP contribution < -0.4 is 15.2 Å². The lowest BCUT2D eigenvalue weighted by Crippen LogP contribution is -1.97. The van der Waals surface area contributed by atoms with Crippen molar-refractivity contribution in [3.8, 4) is 22.8 Å². The van der Waals surface area contributed by atoms with Gasteiger partial charge in [0.15, 0.2) is 11.5 Å². The van der Waals surface area contributed by atoms with E-state index in [1.165, 1.54) is 6.33 Å². The van der Waals surface area contributed by atoms with Crippen LogP contribution in [0.25, 0.3) is 11.3 Å². The molecule has 0 saturated carbocycles. The smallest absolute Gasteiger partial charge is 0.161 e. The second-order valence-electron chi connectivity index (χ2n) is 4.13. The third kappa shape index (κ3) is 2.29. The molecular weight excluding hydrogens is 266 g/mol. The van der Waals surface area contributed by atoms with Gasteiger partial charge in [0.2, 0.25) is 0 Å². The number of aromatic nitrogens is 2. The number of nitrogens with two attached hydrogens (primary N) is 1. The first-order chi connectivity index (χ1) is 9.25. The van der Waals surface area contributed by atoms with Gasteiger partial charge in [0.1, 0.15) is 17.2 Å². The van der Waals surface area contributed by atoms with E-state index in [2.05, 4.69) is 9.97 Å². The van der Waals surface area contributed by atoms with Gasteiger partial charge in [-0.15, -0.1) is 0 Å². The molecule has 5 nitrogen and oxygen atoms in total. The van der Waals surface area contributed by atoms with E-state index in [4.69, 9.17) is 26.8 Å². The minimum Gasteiger partial charge on any atom is -0.490 e. The lowest BCUT2D eigenvalue weighted by Gasteiger charge is -2.10. The number of hydrogen-bond acceptors (Lipinski definition) is 5. The van der Waals surface area contributed by atoms with Crippen molar-refractivity contribution in [2.45, 2.75) is 6.42 Å². The molecule has 2 aromatic rings. The number of nitrogen functional groups attached to an aromatic ring is 1. The highest BCUT2D eigenvalue weighted by Gasteiger charge is 2.14. The first kappa shape index (κ1) is 12.0. The van der Waals surface area contributed by atoms with Crippen LogP contribution in [0.1, 0.15) is 6.42 Å². The van der Waals surface area contributed by atoms with Crippen LogP contribution in [0.15, 0.2) is 24.5 Å². The fourth-order valence-corrected chi connectivity index (χ4v) is 2.10. The van der Waals surface area contributed by atoms with Gasteiger partial charge in [-0.05, 0) is 18.2 Å². The number of nitrogens with zero attached hydrogens (tertiary/aromatic N) is 2. The van der Waals surface area contributed by atoms with Crippen molar-refractivity contribution in [3.63, 3.8) is 0 Å². The molecule has 0 unspecified atom stereocenters. The predicted octanol–water partition coefficient (Wildman–Crippen LogP) is 2.54. The summed E-state index contributed by atoms with van der Waals surface area (Å²) < 4.78 is 11.2. The van der Waals surface area contributed by atoms with Gasteiger partial charge >= 0.3 is 0 Å². The SMILES string of the molecule is Nc1ncnc(-c2ccc3c(c2)OCCCO3)c1Cl. The Hall–Kier alpha value is -2.01. The van der Waals surface area contributed by atoms with E-state index < -0.39 is 0 Å². The standard InChI is InChI=1S/C13H12ClN3O2/c14-11-12(16-7-17-13(11)15)8-2-3-9-10(6-8)19-5-1-4-18-9/h2-3,6-7H,1,4-5H2,(H2,15,16,17). The quantitative estimate of drug-likeness (QED) is 0.867. The summed E-state index contributed by atoms with van der Waals surface area (Å²) in [4.78, 5) is 8.01. The zero-order chi connectivity index (χ0) is 13.2. The fraction of sp³-hybridized carbons (Fsp3) is 0.231. The largest absolute Gasteiger partial charge is 0.490 e. The normalized spacial score (nSPS) is 13.9. The Morgan fingerprint density at radius 2 is 1.89 bits per heavy atom. The summed E-state index contributed by atoms with van der Waals surface area (Å²) in [5, 5.41) is 0.344. The molecule has 2 N–H and O–H groups in total. The molecule has 1 aromatic carbocycles. The monoisotopic (exact) mass is 277 g/mol. The zero-order valence-corrected chi connectivity index (χ0v) is 10.9. The van der Waals surface area contributed by atoms with E-state index >= 15 is 0 Å². The molecule has 19 heavy (non-hydrogen) atoms. The van der Waals surface area contributed by atoms with E-state index in [1.54, 1.807) is 0 Å². The molecule has 0 spiro atoms. The van der Waals surface area contributed by atoms with E-state index in [0.717, 1.165) is 17.7 Å². The summed E-state index contributed by atoms with van der Waals surface area (Å²) in [6.45, 7) is 1.30. The minimum atomic E-state index is 0.263. The van der Waals surface area contributed by atoms with Crippen molar-refractivity contribution in [1.29, 1.82) is 0 Å². The number of anilines is 1. The predicted molar refractivity (Wildman–Crippen MR) is 72.5 cm³/mol. The Morgan fingerprint density at radius 3 is 2.74 bits per heavy atom. The van der Waals surface area contributed by atoms with E-state index in [1.807, 2.05) is 18.2 Å². The summed E-state index contributed by atoms with van der Waals surface area (Å²) in [6, 6.07) is 5.58. The number of benzene rings is 1. The highest BCUT2D eigenvalue weighted by Crippen LogP contribution is 2.36. The van der Waals surface area contributed by atoms with E-state index in [0.29, 0.717) is 29.7 Å². The van der Waals surface area contributed by atoms with Crippen molar-refractivity contribution in [1.82, 2.24) is 9.97 Å². The average Bonchev–Trinajstić information content (AvgIpc) is 2.66. The van der Waals surface area contributed by atoms with E-state index in [-0.39, 0.29) is 5.82 Å².